The second-order valence-electron chi connectivity index (χ2n) is 7.42. The molecule has 1 amide bonds. The Morgan fingerprint density at radius 2 is 2.17 bits per heavy atom. The van der Waals surface area contributed by atoms with Crippen molar-refractivity contribution in [1.29, 1.82) is 0 Å². The lowest BCUT2D eigenvalue weighted by Gasteiger charge is -2.13. The van der Waals surface area contributed by atoms with E-state index in [1.807, 2.05) is 25.1 Å². The van der Waals surface area contributed by atoms with E-state index in [-0.39, 0.29) is 18.0 Å². The smallest absolute Gasteiger partial charge is 0.233 e. The molecule has 7 nitrogen and oxygen atoms in total. The molecule has 1 N–H and O–H groups in total. The lowest BCUT2D eigenvalue weighted by Crippen LogP contribution is -2.30. The molecule has 1 aliphatic heterocycles. The molecule has 1 aliphatic carbocycles. The van der Waals surface area contributed by atoms with Crippen LogP contribution in [-0.4, -0.2) is 32.7 Å². The number of hydrogen-bond acceptors (Lipinski definition) is 7. The highest BCUT2D eigenvalue weighted by atomic mass is 32.2. The summed E-state index contributed by atoms with van der Waals surface area (Å²) in [6.45, 7) is 2.60. The van der Waals surface area contributed by atoms with E-state index >= 15 is 0 Å². The standard InChI is InChI=1S/C21H22N4O3S2/c1-13(20(26)22-11-14-4-7-17-18(9-14)28-12-27-17)30-21-24-23-19(25(21)15-5-6-15)10-16-3-2-8-29-16/h2-4,7-9,13,15H,5-6,10-12H2,1H3,(H,22,26)/t13-/m1/s1. The van der Waals surface area contributed by atoms with Crippen molar-refractivity contribution >= 4 is 29.0 Å². The first-order valence-corrected chi connectivity index (χ1v) is 11.7. The summed E-state index contributed by atoms with van der Waals surface area (Å²) in [6.07, 6.45) is 3.08. The Hall–Kier alpha value is -2.52. The monoisotopic (exact) mass is 442 g/mol. The number of amides is 1. The third-order valence-electron chi connectivity index (χ3n) is 5.11. The van der Waals surface area contributed by atoms with Crippen molar-refractivity contribution < 1.29 is 14.3 Å². The van der Waals surface area contributed by atoms with Gasteiger partial charge in [0.2, 0.25) is 12.7 Å². The van der Waals surface area contributed by atoms with E-state index < -0.39 is 0 Å². The number of benzene rings is 1. The van der Waals surface area contributed by atoms with Gasteiger partial charge in [-0.3, -0.25) is 4.79 Å². The van der Waals surface area contributed by atoms with E-state index in [0.717, 1.165) is 47.3 Å². The number of carbonyl (C=O) groups excluding carboxylic acids is 1. The highest BCUT2D eigenvalue weighted by Crippen LogP contribution is 2.40. The van der Waals surface area contributed by atoms with Crippen molar-refractivity contribution in [2.45, 2.75) is 49.2 Å². The van der Waals surface area contributed by atoms with Crippen molar-refractivity contribution in [3.63, 3.8) is 0 Å². The lowest BCUT2D eigenvalue weighted by atomic mass is 10.2. The van der Waals surface area contributed by atoms with Crippen LogP contribution in [0.5, 0.6) is 11.5 Å². The number of ether oxygens (including phenoxy) is 2. The molecule has 2 aliphatic rings. The SMILES string of the molecule is C[C@@H](Sc1nnc(Cc2cccs2)n1C1CC1)C(=O)NCc1ccc2c(c1)OCO2. The minimum absolute atomic E-state index is 0.0252. The largest absolute Gasteiger partial charge is 0.454 e. The van der Waals surface area contributed by atoms with Gasteiger partial charge in [-0.25, -0.2) is 0 Å². The predicted molar refractivity (Wildman–Crippen MR) is 115 cm³/mol. The molecule has 0 spiro atoms. The molecular formula is C21H22N4O3S2. The highest BCUT2D eigenvalue weighted by Gasteiger charge is 2.31. The first-order valence-electron chi connectivity index (χ1n) is 9.96. The summed E-state index contributed by atoms with van der Waals surface area (Å²) in [5.74, 6) is 2.42. The van der Waals surface area contributed by atoms with Crippen molar-refractivity contribution in [3.05, 3.63) is 52.0 Å². The summed E-state index contributed by atoms with van der Waals surface area (Å²) in [6, 6.07) is 10.3. The zero-order valence-corrected chi connectivity index (χ0v) is 18.2. The van der Waals surface area contributed by atoms with Gasteiger partial charge in [0, 0.05) is 23.9 Å². The molecule has 2 aromatic heterocycles. The van der Waals surface area contributed by atoms with Crippen LogP contribution in [0.3, 0.4) is 0 Å². The highest BCUT2D eigenvalue weighted by molar-refractivity contribution is 8.00. The summed E-state index contributed by atoms with van der Waals surface area (Å²) >= 11 is 3.20. The van der Waals surface area contributed by atoms with Gasteiger partial charge < -0.3 is 19.4 Å². The van der Waals surface area contributed by atoms with Crippen LogP contribution >= 0.6 is 23.1 Å². The van der Waals surface area contributed by atoms with E-state index in [1.54, 1.807) is 11.3 Å². The summed E-state index contributed by atoms with van der Waals surface area (Å²) in [4.78, 5) is 13.9. The first kappa shape index (κ1) is 19.4. The molecule has 3 heterocycles. The van der Waals surface area contributed by atoms with Crippen LogP contribution < -0.4 is 14.8 Å². The topological polar surface area (TPSA) is 78.3 Å². The van der Waals surface area contributed by atoms with Gasteiger partial charge in [0.1, 0.15) is 5.82 Å². The van der Waals surface area contributed by atoms with Crippen LogP contribution in [0.2, 0.25) is 0 Å². The molecule has 3 aromatic rings. The van der Waals surface area contributed by atoms with E-state index in [2.05, 4.69) is 37.6 Å². The van der Waals surface area contributed by atoms with E-state index in [9.17, 15) is 4.79 Å². The minimum atomic E-state index is -0.268. The van der Waals surface area contributed by atoms with Crippen molar-refractivity contribution in [3.8, 4) is 11.5 Å². The summed E-state index contributed by atoms with van der Waals surface area (Å²) in [5, 5.41) is 14.5. The van der Waals surface area contributed by atoms with Gasteiger partial charge in [0.15, 0.2) is 16.7 Å². The second kappa shape index (κ2) is 8.31. The van der Waals surface area contributed by atoms with Gasteiger partial charge >= 0.3 is 0 Å². The molecule has 156 valence electrons. The van der Waals surface area contributed by atoms with Gasteiger partial charge in [0.25, 0.3) is 0 Å². The quantitative estimate of drug-likeness (QED) is 0.535. The minimum Gasteiger partial charge on any atom is -0.454 e. The Kier molecular flexibility index (Phi) is 5.39. The molecule has 0 radical (unpaired) electrons. The van der Waals surface area contributed by atoms with Gasteiger partial charge in [-0.15, -0.1) is 21.5 Å². The average Bonchev–Trinajstić information content (AvgIpc) is 3.13. The molecule has 0 bridgehead atoms. The van der Waals surface area contributed by atoms with Gasteiger partial charge in [-0.05, 0) is 48.9 Å². The van der Waals surface area contributed by atoms with Gasteiger partial charge in [-0.1, -0.05) is 23.9 Å². The predicted octanol–water partition coefficient (Wildman–Crippen LogP) is 3.79. The number of carbonyl (C=O) groups is 1. The number of rotatable bonds is 8. The number of nitrogens with one attached hydrogen (secondary N) is 1. The van der Waals surface area contributed by atoms with E-state index in [4.69, 9.17) is 9.47 Å². The second-order valence-corrected chi connectivity index (χ2v) is 9.76. The molecule has 1 fully saturated rings. The third-order valence-corrected chi connectivity index (χ3v) is 7.05. The Labute approximate surface area is 182 Å². The normalized spacial score (nSPS) is 15.9. The molecule has 1 aromatic carbocycles. The van der Waals surface area contributed by atoms with Gasteiger partial charge in [0.05, 0.1) is 5.25 Å². The lowest BCUT2D eigenvalue weighted by molar-refractivity contribution is -0.120. The van der Waals surface area contributed by atoms with Gasteiger partial charge in [-0.2, -0.15) is 0 Å². The number of hydrogen-bond donors (Lipinski definition) is 1. The van der Waals surface area contributed by atoms with Crippen molar-refractivity contribution in [2.24, 2.45) is 0 Å². The molecule has 1 saturated carbocycles. The maximum Gasteiger partial charge on any atom is 0.233 e. The zero-order chi connectivity index (χ0) is 20.5. The molecular weight excluding hydrogens is 420 g/mol. The fourth-order valence-electron chi connectivity index (χ4n) is 3.37. The molecule has 0 unspecified atom stereocenters. The van der Waals surface area contributed by atoms with Crippen LogP contribution in [0.25, 0.3) is 0 Å². The number of nitrogens with zero attached hydrogens (tertiary/aromatic N) is 3. The fraction of sp³-hybridized carbons (Fsp3) is 0.381. The van der Waals surface area contributed by atoms with Crippen molar-refractivity contribution in [2.75, 3.05) is 6.79 Å². The van der Waals surface area contributed by atoms with E-state index in [0.29, 0.717) is 12.6 Å². The molecule has 30 heavy (non-hydrogen) atoms. The summed E-state index contributed by atoms with van der Waals surface area (Å²) in [5.41, 5.74) is 0.976. The Bertz CT molecular complexity index is 1050. The van der Waals surface area contributed by atoms with Crippen molar-refractivity contribution in [1.82, 2.24) is 20.1 Å². The number of thiophene rings is 1. The van der Waals surface area contributed by atoms with Crippen LogP contribution in [-0.2, 0) is 17.8 Å². The number of thioether (sulfide) groups is 1. The Balaban J connectivity index is 1.22. The summed E-state index contributed by atoms with van der Waals surface area (Å²) in [7, 11) is 0. The maximum atomic E-state index is 12.7. The van der Waals surface area contributed by atoms with E-state index in [1.165, 1.54) is 16.6 Å². The molecule has 5 rings (SSSR count). The zero-order valence-electron chi connectivity index (χ0n) is 16.5. The van der Waals surface area contributed by atoms with Crippen LogP contribution in [0.1, 0.15) is 42.1 Å². The molecule has 0 saturated heterocycles. The van der Waals surface area contributed by atoms with Crippen LogP contribution in [0.15, 0.2) is 40.9 Å². The molecule has 1 atom stereocenters. The maximum absolute atomic E-state index is 12.7. The number of aromatic nitrogens is 3. The Morgan fingerprint density at radius 1 is 1.30 bits per heavy atom. The first-order chi connectivity index (χ1) is 14.7. The van der Waals surface area contributed by atoms with Crippen LogP contribution in [0.4, 0.5) is 0 Å². The Morgan fingerprint density at radius 3 is 2.97 bits per heavy atom. The molecule has 9 heteroatoms. The third kappa shape index (κ3) is 4.17. The van der Waals surface area contributed by atoms with Crippen LogP contribution in [0, 0.1) is 0 Å². The number of fused-ring (bicyclic) bond motifs is 1. The summed E-state index contributed by atoms with van der Waals surface area (Å²) < 4.78 is 13.0. The fourth-order valence-corrected chi connectivity index (χ4v) is 5.04. The average molecular weight is 443 g/mol.